The second-order valence-corrected chi connectivity index (χ2v) is 8.50. The zero-order valence-electron chi connectivity index (χ0n) is 17.4. The lowest BCUT2D eigenvalue weighted by Crippen LogP contribution is -2.47. The van der Waals surface area contributed by atoms with Crippen molar-refractivity contribution in [3.63, 3.8) is 0 Å². The van der Waals surface area contributed by atoms with E-state index in [1.165, 1.54) is 5.69 Å². The van der Waals surface area contributed by atoms with E-state index in [2.05, 4.69) is 27.0 Å². The van der Waals surface area contributed by atoms with E-state index in [0.717, 1.165) is 64.0 Å². The van der Waals surface area contributed by atoms with E-state index in [9.17, 15) is 4.79 Å². The number of nitriles is 1. The molecule has 1 atom stereocenters. The SMILES string of the molecule is Cc1cc(CN2CCC[C@]3(CCCN3C(=O)c3ccc(C#N)cc3)CC2)n(C)n1. The zero-order valence-corrected chi connectivity index (χ0v) is 17.4. The van der Waals surface area contributed by atoms with Gasteiger partial charge in [-0.15, -0.1) is 0 Å². The van der Waals surface area contributed by atoms with Crippen LogP contribution in [0.4, 0.5) is 0 Å². The number of carbonyl (C=O) groups is 1. The van der Waals surface area contributed by atoms with E-state index < -0.39 is 0 Å². The summed E-state index contributed by atoms with van der Waals surface area (Å²) in [6.45, 7) is 5.84. The average Bonchev–Trinajstić information content (AvgIpc) is 3.20. The molecule has 2 aliphatic rings. The van der Waals surface area contributed by atoms with Gasteiger partial charge < -0.3 is 4.90 Å². The third-order valence-corrected chi connectivity index (χ3v) is 6.60. The molecule has 0 bridgehead atoms. The molecule has 1 aromatic carbocycles. The highest BCUT2D eigenvalue weighted by molar-refractivity contribution is 5.95. The molecule has 1 amide bonds. The Morgan fingerprint density at radius 1 is 1.14 bits per heavy atom. The van der Waals surface area contributed by atoms with Gasteiger partial charge in [0.15, 0.2) is 0 Å². The fourth-order valence-electron chi connectivity index (χ4n) is 5.05. The minimum Gasteiger partial charge on any atom is -0.333 e. The van der Waals surface area contributed by atoms with Crippen molar-refractivity contribution in [2.45, 2.75) is 51.1 Å². The van der Waals surface area contributed by atoms with Crippen LogP contribution in [-0.2, 0) is 13.6 Å². The highest BCUT2D eigenvalue weighted by atomic mass is 16.2. The fourth-order valence-corrected chi connectivity index (χ4v) is 5.05. The highest BCUT2D eigenvalue weighted by Gasteiger charge is 2.44. The molecule has 2 aromatic rings. The minimum atomic E-state index is -0.0257. The van der Waals surface area contributed by atoms with Crippen molar-refractivity contribution < 1.29 is 4.79 Å². The molecule has 0 aliphatic carbocycles. The molecule has 0 saturated carbocycles. The van der Waals surface area contributed by atoms with Gasteiger partial charge in [0.05, 0.1) is 23.0 Å². The van der Waals surface area contributed by atoms with Gasteiger partial charge in [-0.1, -0.05) is 0 Å². The molecule has 1 aromatic heterocycles. The maximum atomic E-state index is 13.3. The number of likely N-dealkylation sites (tertiary alicyclic amines) is 2. The van der Waals surface area contributed by atoms with Crippen LogP contribution in [0.5, 0.6) is 0 Å². The number of aromatic nitrogens is 2. The van der Waals surface area contributed by atoms with Crippen molar-refractivity contribution in [1.29, 1.82) is 5.26 Å². The number of hydrogen-bond acceptors (Lipinski definition) is 4. The molecular weight excluding hydrogens is 362 g/mol. The lowest BCUT2D eigenvalue weighted by molar-refractivity contribution is 0.0557. The van der Waals surface area contributed by atoms with Crippen LogP contribution >= 0.6 is 0 Å². The number of carbonyl (C=O) groups excluding carboxylic acids is 1. The fraction of sp³-hybridized carbons (Fsp3) is 0.522. The van der Waals surface area contributed by atoms with Crippen molar-refractivity contribution in [3.05, 3.63) is 52.8 Å². The summed E-state index contributed by atoms with van der Waals surface area (Å²) in [6.07, 6.45) is 5.35. The molecule has 2 aliphatic heterocycles. The summed E-state index contributed by atoms with van der Waals surface area (Å²) in [6, 6.07) is 11.3. The van der Waals surface area contributed by atoms with Gasteiger partial charge in [-0.05, 0) is 75.9 Å². The smallest absolute Gasteiger partial charge is 0.254 e. The number of hydrogen-bond donors (Lipinski definition) is 0. The summed E-state index contributed by atoms with van der Waals surface area (Å²) in [5.74, 6) is 0.114. The summed E-state index contributed by atoms with van der Waals surface area (Å²) in [5.41, 5.74) is 3.56. The standard InChI is InChI=1S/C23H29N5O/c1-18-15-21(26(2)25-18)17-27-12-3-9-23(11-14-27)10-4-13-28(23)22(29)20-7-5-19(16-24)6-8-20/h5-8,15H,3-4,9-14,17H2,1-2H3/t23-/m0/s1. The topological polar surface area (TPSA) is 65.2 Å². The Hall–Kier alpha value is -2.65. The first-order valence-corrected chi connectivity index (χ1v) is 10.5. The monoisotopic (exact) mass is 391 g/mol. The summed E-state index contributed by atoms with van der Waals surface area (Å²) in [5, 5.41) is 13.5. The van der Waals surface area contributed by atoms with Crippen LogP contribution in [0.1, 0.15) is 59.4 Å². The number of aryl methyl sites for hydroxylation is 2. The largest absolute Gasteiger partial charge is 0.333 e. The van der Waals surface area contributed by atoms with Crippen LogP contribution in [0.15, 0.2) is 30.3 Å². The summed E-state index contributed by atoms with van der Waals surface area (Å²) in [4.78, 5) is 17.9. The van der Waals surface area contributed by atoms with Crippen LogP contribution in [-0.4, -0.2) is 50.7 Å². The van der Waals surface area contributed by atoms with Crippen LogP contribution in [0.3, 0.4) is 0 Å². The van der Waals surface area contributed by atoms with Gasteiger partial charge in [-0.25, -0.2) is 0 Å². The molecule has 0 unspecified atom stereocenters. The first kappa shape index (κ1) is 19.7. The van der Waals surface area contributed by atoms with Crippen LogP contribution in [0, 0.1) is 18.3 Å². The number of nitrogens with zero attached hydrogens (tertiary/aromatic N) is 5. The van der Waals surface area contributed by atoms with Crippen molar-refractivity contribution in [3.8, 4) is 6.07 Å². The van der Waals surface area contributed by atoms with E-state index in [0.29, 0.717) is 11.1 Å². The van der Waals surface area contributed by atoms with Crippen LogP contribution < -0.4 is 0 Å². The van der Waals surface area contributed by atoms with Gasteiger partial charge in [0, 0.05) is 37.8 Å². The van der Waals surface area contributed by atoms with Gasteiger partial charge in [0.25, 0.3) is 5.91 Å². The van der Waals surface area contributed by atoms with Gasteiger partial charge >= 0.3 is 0 Å². The summed E-state index contributed by atoms with van der Waals surface area (Å²) < 4.78 is 1.98. The third kappa shape index (κ3) is 3.92. The second-order valence-electron chi connectivity index (χ2n) is 8.50. The Labute approximate surface area is 172 Å². The van der Waals surface area contributed by atoms with Crippen LogP contribution in [0.25, 0.3) is 0 Å². The van der Waals surface area contributed by atoms with E-state index in [1.807, 2.05) is 18.7 Å². The van der Waals surface area contributed by atoms with Crippen LogP contribution in [0.2, 0.25) is 0 Å². The lowest BCUT2D eigenvalue weighted by atomic mass is 9.87. The summed E-state index contributed by atoms with van der Waals surface area (Å²) >= 11 is 0. The number of rotatable bonds is 3. The lowest BCUT2D eigenvalue weighted by Gasteiger charge is -2.38. The van der Waals surface area contributed by atoms with E-state index in [-0.39, 0.29) is 11.4 Å². The van der Waals surface area contributed by atoms with Gasteiger partial charge in [-0.2, -0.15) is 10.4 Å². The molecule has 0 radical (unpaired) electrons. The van der Waals surface area contributed by atoms with Crippen molar-refractivity contribution >= 4 is 5.91 Å². The zero-order chi connectivity index (χ0) is 20.4. The van der Waals surface area contributed by atoms with Crippen molar-refractivity contribution in [2.24, 2.45) is 7.05 Å². The average molecular weight is 392 g/mol. The molecule has 6 nitrogen and oxygen atoms in total. The van der Waals surface area contributed by atoms with Gasteiger partial charge in [0.1, 0.15) is 0 Å². The maximum Gasteiger partial charge on any atom is 0.254 e. The second kappa shape index (κ2) is 8.00. The predicted octanol–water partition coefficient (Wildman–Crippen LogP) is 3.26. The van der Waals surface area contributed by atoms with E-state index in [1.54, 1.807) is 24.3 Å². The molecule has 4 rings (SSSR count). The Kier molecular flexibility index (Phi) is 5.42. The Balaban J connectivity index is 1.47. The molecule has 29 heavy (non-hydrogen) atoms. The number of benzene rings is 1. The molecule has 2 fully saturated rings. The number of amides is 1. The molecule has 152 valence electrons. The molecule has 3 heterocycles. The predicted molar refractivity (Wildman–Crippen MR) is 111 cm³/mol. The molecule has 1 spiro atoms. The molecule has 6 heteroatoms. The van der Waals surface area contributed by atoms with Crippen molar-refractivity contribution in [2.75, 3.05) is 19.6 Å². The Morgan fingerprint density at radius 2 is 1.86 bits per heavy atom. The van der Waals surface area contributed by atoms with E-state index >= 15 is 0 Å². The van der Waals surface area contributed by atoms with Gasteiger partial charge in [0.2, 0.25) is 0 Å². The highest BCUT2D eigenvalue weighted by Crippen LogP contribution is 2.39. The first-order chi connectivity index (χ1) is 14.0. The maximum absolute atomic E-state index is 13.3. The Bertz CT molecular complexity index is 926. The van der Waals surface area contributed by atoms with E-state index in [4.69, 9.17) is 5.26 Å². The normalized spacial score (nSPS) is 22.6. The van der Waals surface area contributed by atoms with Gasteiger partial charge in [-0.3, -0.25) is 14.4 Å². The summed E-state index contributed by atoms with van der Waals surface area (Å²) in [7, 11) is 2.01. The minimum absolute atomic E-state index is 0.0257. The molecular formula is C23H29N5O. The van der Waals surface area contributed by atoms with Crippen molar-refractivity contribution in [1.82, 2.24) is 19.6 Å². The molecule has 2 saturated heterocycles. The molecule has 0 N–H and O–H groups in total. The first-order valence-electron chi connectivity index (χ1n) is 10.5. The third-order valence-electron chi connectivity index (χ3n) is 6.60. The Morgan fingerprint density at radius 3 is 2.52 bits per heavy atom. The quantitative estimate of drug-likeness (QED) is 0.806.